The van der Waals surface area contributed by atoms with Crippen LogP contribution >= 0.6 is 0 Å². The molecule has 1 heterocycles. The third-order valence-electron chi connectivity index (χ3n) is 5.76. The Balaban J connectivity index is 1.48. The predicted molar refractivity (Wildman–Crippen MR) is 118 cm³/mol. The molecule has 4 aromatic rings. The Labute approximate surface area is 166 Å². The van der Waals surface area contributed by atoms with Crippen LogP contribution in [0, 0.1) is 0 Å². The fourth-order valence-corrected chi connectivity index (χ4v) is 4.30. The van der Waals surface area contributed by atoms with Crippen LogP contribution in [0.25, 0.3) is 11.1 Å². The maximum atomic E-state index is 3.77. The summed E-state index contributed by atoms with van der Waals surface area (Å²) in [4.78, 5) is 0. The molecule has 0 bridgehead atoms. The Hall–Kier alpha value is -3.32. The molecule has 28 heavy (non-hydrogen) atoms. The molecule has 1 aliphatic heterocycles. The molecule has 136 valence electrons. The molecule has 0 radical (unpaired) electrons. The first kappa shape index (κ1) is 16.8. The van der Waals surface area contributed by atoms with Crippen molar-refractivity contribution in [2.24, 2.45) is 0 Å². The summed E-state index contributed by atoms with van der Waals surface area (Å²) in [6.07, 6.45) is 1.06. The van der Waals surface area contributed by atoms with Gasteiger partial charge in [0.15, 0.2) is 0 Å². The van der Waals surface area contributed by atoms with E-state index in [2.05, 4.69) is 115 Å². The zero-order valence-corrected chi connectivity index (χ0v) is 15.8. The first-order chi connectivity index (χ1) is 13.9. The van der Waals surface area contributed by atoms with Crippen LogP contribution in [0.5, 0.6) is 0 Å². The summed E-state index contributed by atoms with van der Waals surface area (Å²) in [5.41, 5.74) is 7.90. The molecule has 5 rings (SSSR count). The van der Waals surface area contributed by atoms with Gasteiger partial charge >= 0.3 is 0 Å². The molecular weight excluding hydrogens is 338 g/mol. The van der Waals surface area contributed by atoms with E-state index in [-0.39, 0.29) is 0 Å². The highest BCUT2D eigenvalue weighted by Crippen LogP contribution is 2.43. The van der Waals surface area contributed by atoms with Crippen LogP contribution in [0.3, 0.4) is 0 Å². The molecule has 0 fully saturated rings. The van der Waals surface area contributed by atoms with Crippen molar-refractivity contribution in [3.05, 3.63) is 126 Å². The van der Waals surface area contributed by atoms with Gasteiger partial charge in [0.1, 0.15) is 0 Å². The number of fused-ring (bicyclic) bond motifs is 1. The van der Waals surface area contributed by atoms with Gasteiger partial charge in [0, 0.05) is 11.6 Å². The van der Waals surface area contributed by atoms with Crippen molar-refractivity contribution in [2.45, 2.75) is 18.4 Å². The number of anilines is 1. The molecule has 4 aromatic carbocycles. The summed E-state index contributed by atoms with van der Waals surface area (Å²) in [6.45, 7) is 0. The summed E-state index contributed by atoms with van der Waals surface area (Å²) in [5.74, 6) is 0.414. The van der Waals surface area contributed by atoms with Gasteiger partial charge in [-0.15, -0.1) is 0 Å². The van der Waals surface area contributed by atoms with Crippen molar-refractivity contribution in [2.75, 3.05) is 5.32 Å². The number of nitrogens with one attached hydrogen (secondary N) is 1. The van der Waals surface area contributed by atoms with E-state index < -0.39 is 0 Å². The molecule has 2 atom stereocenters. The first-order valence-electron chi connectivity index (χ1n) is 9.94. The molecule has 0 aromatic heterocycles. The van der Waals surface area contributed by atoms with E-state index >= 15 is 0 Å². The van der Waals surface area contributed by atoms with Crippen LogP contribution in [-0.2, 0) is 0 Å². The van der Waals surface area contributed by atoms with E-state index in [9.17, 15) is 0 Å². The van der Waals surface area contributed by atoms with E-state index in [0.717, 1.165) is 6.42 Å². The third kappa shape index (κ3) is 3.20. The van der Waals surface area contributed by atoms with E-state index in [4.69, 9.17) is 0 Å². The third-order valence-corrected chi connectivity index (χ3v) is 5.76. The van der Waals surface area contributed by atoms with Crippen molar-refractivity contribution in [3.8, 4) is 11.1 Å². The zero-order valence-electron chi connectivity index (χ0n) is 15.8. The van der Waals surface area contributed by atoms with Crippen LogP contribution in [0.4, 0.5) is 5.69 Å². The SMILES string of the molecule is c1ccc(-c2ccc([C@H]3C[C@@H](c4ccccc4)c4ccccc4N3)cc2)cc1. The van der Waals surface area contributed by atoms with Gasteiger partial charge in [0.25, 0.3) is 0 Å². The molecule has 1 N–H and O–H groups in total. The van der Waals surface area contributed by atoms with Crippen molar-refractivity contribution < 1.29 is 0 Å². The number of hydrogen-bond donors (Lipinski definition) is 1. The molecule has 0 aliphatic carbocycles. The maximum Gasteiger partial charge on any atom is 0.0523 e. The number of hydrogen-bond acceptors (Lipinski definition) is 1. The lowest BCUT2D eigenvalue weighted by molar-refractivity contribution is 0.603. The maximum absolute atomic E-state index is 3.77. The summed E-state index contributed by atoms with van der Waals surface area (Å²) in [6, 6.07) is 39.5. The van der Waals surface area contributed by atoms with Gasteiger partial charge in [0.05, 0.1) is 6.04 Å². The smallest absolute Gasteiger partial charge is 0.0523 e. The second-order valence-corrected chi connectivity index (χ2v) is 7.47. The minimum Gasteiger partial charge on any atom is -0.378 e. The molecule has 1 aliphatic rings. The van der Waals surface area contributed by atoms with Gasteiger partial charge in [-0.3, -0.25) is 0 Å². The summed E-state index contributed by atoms with van der Waals surface area (Å²) >= 11 is 0. The summed E-state index contributed by atoms with van der Waals surface area (Å²) < 4.78 is 0. The van der Waals surface area contributed by atoms with Crippen LogP contribution in [0.15, 0.2) is 109 Å². The lowest BCUT2D eigenvalue weighted by atomic mass is 9.80. The van der Waals surface area contributed by atoms with Crippen LogP contribution < -0.4 is 5.32 Å². The van der Waals surface area contributed by atoms with E-state index in [0.29, 0.717) is 12.0 Å². The molecule has 0 unspecified atom stereocenters. The van der Waals surface area contributed by atoms with Crippen LogP contribution in [0.1, 0.15) is 35.1 Å². The Kier molecular flexibility index (Phi) is 4.42. The molecule has 1 heteroatoms. The normalized spacial score (nSPS) is 18.1. The van der Waals surface area contributed by atoms with Gasteiger partial charge in [0.2, 0.25) is 0 Å². The molecular formula is C27H23N. The molecule has 0 saturated heterocycles. The average Bonchev–Trinajstić information content (AvgIpc) is 2.79. The largest absolute Gasteiger partial charge is 0.378 e. The molecule has 0 saturated carbocycles. The van der Waals surface area contributed by atoms with Crippen LogP contribution in [-0.4, -0.2) is 0 Å². The minimum absolute atomic E-state index is 0.310. The topological polar surface area (TPSA) is 12.0 Å². The predicted octanol–water partition coefficient (Wildman–Crippen LogP) is 7.04. The standard InChI is InChI=1S/C27H23N/c1-3-9-20(10-4-1)21-15-17-23(18-16-21)27-19-25(22-11-5-2-6-12-22)24-13-7-8-14-26(24)28-27/h1-18,25,27-28H,19H2/t25-,27+/m0/s1. The average molecular weight is 361 g/mol. The minimum atomic E-state index is 0.310. The highest BCUT2D eigenvalue weighted by Gasteiger charge is 2.28. The Morgan fingerprint density at radius 2 is 1.14 bits per heavy atom. The second-order valence-electron chi connectivity index (χ2n) is 7.47. The highest BCUT2D eigenvalue weighted by atomic mass is 14.9. The van der Waals surface area contributed by atoms with Gasteiger partial charge in [-0.2, -0.15) is 0 Å². The lowest BCUT2D eigenvalue weighted by Crippen LogP contribution is -2.22. The molecule has 0 spiro atoms. The first-order valence-corrected chi connectivity index (χ1v) is 9.94. The lowest BCUT2D eigenvalue weighted by Gasteiger charge is -2.34. The quantitative estimate of drug-likeness (QED) is 0.412. The fraction of sp³-hybridized carbons (Fsp3) is 0.111. The monoisotopic (exact) mass is 361 g/mol. The fourth-order valence-electron chi connectivity index (χ4n) is 4.30. The molecule has 0 amide bonds. The zero-order chi connectivity index (χ0) is 18.8. The van der Waals surface area contributed by atoms with Gasteiger partial charge in [-0.25, -0.2) is 0 Å². The Morgan fingerprint density at radius 1 is 0.536 bits per heavy atom. The Morgan fingerprint density at radius 3 is 1.89 bits per heavy atom. The van der Waals surface area contributed by atoms with E-state index in [1.807, 2.05) is 0 Å². The molecule has 1 nitrogen and oxygen atoms in total. The number of para-hydroxylation sites is 1. The van der Waals surface area contributed by atoms with Crippen molar-refractivity contribution in [3.63, 3.8) is 0 Å². The van der Waals surface area contributed by atoms with Crippen LogP contribution in [0.2, 0.25) is 0 Å². The van der Waals surface area contributed by atoms with E-state index in [1.165, 1.54) is 33.5 Å². The van der Waals surface area contributed by atoms with Gasteiger partial charge < -0.3 is 5.32 Å². The van der Waals surface area contributed by atoms with Gasteiger partial charge in [-0.05, 0) is 40.3 Å². The van der Waals surface area contributed by atoms with Crippen molar-refractivity contribution in [1.29, 1.82) is 0 Å². The van der Waals surface area contributed by atoms with Gasteiger partial charge in [-0.1, -0.05) is 103 Å². The highest BCUT2D eigenvalue weighted by molar-refractivity contribution is 5.64. The second kappa shape index (κ2) is 7.36. The van der Waals surface area contributed by atoms with Crippen molar-refractivity contribution in [1.82, 2.24) is 0 Å². The summed E-state index contributed by atoms with van der Waals surface area (Å²) in [7, 11) is 0. The van der Waals surface area contributed by atoms with E-state index in [1.54, 1.807) is 0 Å². The number of benzene rings is 4. The Bertz CT molecular complexity index is 1050. The van der Waals surface area contributed by atoms with Crippen molar-refractivity contribution >= 4 is 5.69 Å². The number of rotatable bonds is 3. The summed E-state index contributed by atoms with van der Waals surface area (Å²) in [5, 5.41) is 3.77.